The van der Waals surface area contributed by atoms with Gasteiger partial charge in [0.25, 0.3) is 11.8 Å². The maximum atomic E-state index is 13.3. The highest BCUT2D eigenvalue weighted by molar-refractivity contribution is 7.07. The van der Waals surface area contributed by atoms with E-state index in [0.29, 0.717) is 30.1 Å². The Morgan fingerprint density at radius 3 is 2.53 bits per heavy atom. The van der Waals surface area contributed by atoms with Gasteiger partial charge in [0.1, 0.15) is 11.4 Å². The summed E-state index contributed by atoms with van der Waals surface area (Å²) in [5, 5.41) is 5.01. The monoisotopic (exact) mass is 477 g/mol. The topological polar surface area (TPSA) is 80.8 Å². The van der Waals surface area contributed by atoms with E-state index in [1.165, 1.54) is 16.9 Å². The summed E-state index contributed by atoms with van der Waals surface area (Å²) in [6.07, 6.45) is 1.25. The SMILES string of the molecule is COc1ccccc1C(=O)N[C@@H]1c2ccccc2C2(CCN(C(=O)c3cscn3)CC2)[C@H]1OC. The summed E-state index contributed by atoms with van der Waals surface area (Å²) in [5.74, 6) is 0.300. The second-order valence-electron chi connectivity index (χ2n) is 8.72. The van der Waals surface area contributed by atoms with E-state index in [-0.39, 0.29) is 29.4 Å². The van der Waals surface area contributed by atoms with E-state index >= 15 is 0 Å². The number of carbonyl (C=O) groups excluding carboxylic acids is 2. The zero-order valence-electron chi connectivity index (χ0n) is 19.2. The molecule has 1 aliphatic heterocycles. The van der Waals surface area contributed by atoms with Crippen molar-refractivity contribution in [2.24, 2.45) is 0 Å². The van der Waals surface area contributed by atoms with Crippen LogP contribution in [-0.4, -0.2) is 55.1 Å². The highest BCUT2D eigenvalue weighted by Crippen LogP contribution is 2.52. The minimum atomic E-state index is -0.306. The molecule has 34 heavy (non-hydrogen) atoms. The number of fused-ring (bicyclic) bond motifs is 2. The summed E-state index contributed by atoms with van der Waals surface area (Å²) >= 11 is 1.42. The minimum Gasteiger partial charge on any atom is -0.496 e. The van der Waals surface area contributed by atoms with Gasteiger partial charge in [-0.15, -0.1) is 11.3 Å². The fourth-order valence-corrected chi connectivity index (χ4v) is 6.09. The van der Waals surface area contributed by atoms with Crippen molar-refractivity contribution in [1.29, 1.82) is 0 Å². The lowest BCUT2D eigenvalue weighted by molar-refractivity contribution is -0.00937. The Labute approximate surface area is 202 Å². The molecule has 1 aliphatic carbocycles. The molecule has 5 rings (SSSR count). The second kappa shape index (κ2) is 9.19. The molecule has 2 heterocycles. The van der Waals surface area contributed by atoms with Gasteiger partial charge in [0.2, 0.25) is 0 Å². The first-order valence-corrected chi connectivity index (χ1v) is 12.3. The molecule has 0 radical (unpaired) electrons. The summed E-state index contributed by atoms with van der Waals surface area (Å²) in [6.45, 7) is 1.22. The molecular weight excluding hydrogens is 450 g/mol. The molecule has 2 aromatic carbocycles. The molecule has 1 spiro atoms. The lowest BCUT2D eigenvalue weighted by Crippen LogP contribution is -2.51. The number of carbonyl (C=O) groups is 2. The van der Waals surface area contributed by atoms with Gasteiger partial charge < -0.3 is 19.7 Å². The number of ether oxygens (including phenoxy) is 2. The number of thiazole rings is 1. The van der Waals surface area contributed by atoms with Crippen molar-refractivity contribution >= 4 is 23.2 Å². The van der Waals surface area contributed by atoms with Crippen molar-refractivity contribution in [3.63, 3.8) is 0 Å². The first kappa shape index (κ1) is 22.6. The Kier molecular flexibility index (Phi) is 6.10. The number of likely N-dealkylation sites (tertiary alicyclic amines) is 1. The number of amides is 2. The molecule has 2 atom stereocenters. The van der Waals surface area contributed by atoms with Crippen LogP contribution in [0.15, 0.2) is 59.4 Å². The van der Waals surface area contributed by atoms with Crippen LogP contribution in [0.3, 0.4) is 0 Å². The quantitative estimate of drug-likeness (QED) is 0.604. The standard InChI is InChI=1S/C26H27N3O4S/c1-32-21-10-6-4-8-18(21)24(30)28-22-17-7-3-5-9-19(17)26(23(22)33-2)11-13-29(14-12-26)25(31)20-15-34-16-27-20/h3-10,15-16,22-23H,11-14H2,1-2H3,(H,28,30)/t22-,23+/m1/s1. The molecular formula is C26H27N3O4S. The molecule has 7 nitrogen and oxygen atoms in total. The van der Waals surface area contributed by atoms with E-state index < -0.39 is 0 Å². The lowest BCUT2D eigenvalue weighted by atomic mass is 9.72. The van der Waals surface area contributed by atoms with Gasteiger partial charge in [-0.25, -0.2) is 4.98 Å². The zero-order valence-corrected chi connectivity index (χ0v) is 20.0. The normalized spacial score (nSPS) is 20.7. The van der Waals surface area contributed by atoms with Crippen LogP contribution in [0.1, 0.15) is 50.9 Å². The van der Waals surface area contributed by atoms with Crippen molar-refractivity contribution in [1.82, 2.24) is 15.2 Å². The van der Waals surface area contributed by atoms with Crippen molar-refractivity contribution in [3.8, 4) is 5.75 Å². The third-order valence-corrected chi connectivity index (χ3v) is 7.75. The summed E-state index contributed by atoms with van der Waals surface area (Å²) in [6, 6.07) is 15.1. The van der Waals surface area contributed by atoms with Gasteiger partial charge in [0, 0.05) is 31.0 Å². The first-order valence-electron chi connectivity index (χ1n) is 11.3. The smallest absolute Gasteiger partial charge is 0.273 e. The number of hydrogen-bond donors (Lipinski definition) is 1. The third kappa shape index (κ3) is 3.67. The molecule has 1 N–H and O–H groups in total. The van der Waals surface area contributed by atoms with Crippen LogP contribution in [0, 0.1) is 0 Å². The number of nitrogens with one attached hydrogen (secondary N) is 1. The highest BCUT2D eigenvalue weighted by Gasteiger charge is 2.54. The fourth-order valence-electron chi connectivity index (χ4n) is 5.57. The Bertz CT molecular complexity index is 1190. The summed E-state index contributed by atoms with van der Waals surface area (Å²) in [4.78, 5) is 32.2. The highest BCUT2D eigenvalue weighted by atomic mass is 32.1. The molecule has 0 saturated carbocycles. The second-order valence-corrected chi connectivity index (χ2v) is 9.44. The van der Waals surface area contributed by atoms with E-state index in [0.717, 1.165) is 18.4 Å². The summed E-state index contributed by atoms with van der Waals surface area (Å²) < 4.78 is 11.5. The zero-order chi connectivity index (χ0) is 23.7. The maximum absolute atomic E-state index is 13.3. The number of methoxy groups -OCH3 is 2. The number of benzene rings is 2. The Morgan fingerprint density at radius 2 is 1.82 bits per heavy atom. The predicted molar refractivity (Wildman–Crippen MR) is 129 cm³/mol. The van der Waals surface area contributed by atoms with Gasteiger partial charge in [-0.05, 0) is 36.1 Å². The Hall–Kier alpha value is -3.23. The first-order chi connectivity index (χ1) is 16.6. The van der Waals surface area contributed by atoms with E-state index in [4.69, 9.17) is 9.47 Å². The van der Waals surface area contributed by atoms with Crippen molar-refractivity contribution < 1.29 is 19.1 Å². The number of rotatable bonds is 5. The molecule has 0 unspecified atom stereocenters. The fraction of sp³-hybridized carbons (Fsp3) is 0.346. The summed E-state index contributed by atoms with van der Waals surface area (Å²) in [5.41, 5.74) is 4.63. The number of piperidine rings is 1. The van der Waals surface area contributed by atoms with Crippen LogP contribution in [0.25, 0.3) is 0 Å². The lowest BCUT2D eigenvalue weighted by Gasteiger charge is -2.44. The Balaban J connectivity index is 1.43. The molecule has 3 aromatic rings. The van der Waals surface area contributed by atoms with Crippen molar-refractivity contribution in [2.75, 3.05) is 27.3 Å². The van der Waals surface area contributed by atoms with E-state index in [1.54, 1.807) is 37.2 Å². The van der Waals surface area contributed by atoms with Crippen LogP contribution in [0.2, 0.25) is 0 Å². The number of aromatic nitrogens is 1. The maximum Gasteiger partial charge on any atom is 0.273 e. The van der Waals surface area contributed by atoms with Gasteiger partial charge >= 0.3 is 0 Å². The van der Waals surface area contributed by atoms with Crippen molar-refractivity contribution in [2.45, 2.75) is 30.4 Å². The summed E-state index contributed by atoms with van der Waals surface area (Å²) in [7, 11) is 3.26. The largest absolute Gasteiger partial charge is 0.496 e. The van der Waals surface area contributed by atoms with Crippen LogP contribution in [0.5, 0.6) is 5.75 Å². The average molecular weight is 478 g/mol. The molecule has 8 heteroatoms. The van der Waals surface area contributed by atoms with E-state index in [9.17, 15) is 9.59 Å². The molecule has 1 saturated heterocycles. The van der Waals surface area contributed by atoms with Gasteiger partial charge in [0.05, 0.1) is 30.3 Å². The van der Waals surface area contributed by atoms with Crippen LogP contribution in [0.4, 0.5) is 0 Å². The molecule has 1 aromatic heterocycles. The molecule has 1 fully saturated rings. The number of hydrogen-bond acceptors (Lipinski definition) is 6. The van der Waals surface area contributed by atoms with Gasteiger partial charge in [-0.1, -0.05) is 36.4 Å². The van der Waals surface area contributed by atoms with Gasteiger partial charge in [-0.2, -0.15) is 0 Å². The van der Waals surface area contributed by atoms with Crippen molar-refractivity contribution in [3.05, 3.63) is 81.8 Å². The van der Waals surface area contributed by atoms with Crippen LogP contribution < -0.4 is 10.1 Å². The Morgan fingerprint density at radius 1 is 1.09 bits per heavy atom. The van der Waals surface area contributed by atoms with E-state index in [2.05, 4.69) is 22.4 Å². The third-order valence-electron chi connectivity index (χ3n) is 7.17. The molecule has 176 valence electrons. The minimum absolute atomic E-state index is 0.0302. The predicted octanol–water partition coefficient (Wildman–Crippen LogP) is 3.83. The molecule has 0 bridgehead atoms. The van der Waals surface area contributed by atoms with Gasteiger partial charge in [0.15, 0.2) is 0 Å². The molecule has 2 amide bonds. The van der Waals surface area contributed by atoms with Crippen LogP contribution >= 0.6 is 11.3 Å². The average Bonchev–Trinajstić information content (AvgIpc) is 3.50. The van der Waals surface area contributed by atoms with Crippen LogP contribution in [-0.2, 0) is 10.2 Å². The number of para-hydroxylation sites is 1. The molecule has 2 aliphatic rings. The van der Waals surface area contributed by atoms with Gasteiger partial charge in [-0.3, -0.25) is 9.59 Å². The number of nitrogens with zero attached hydrogens (tertiary/aromatic N) is 2. The van der Waals surface area contributed by atoms with E-state index in [1.807, 2.05) is 29.2 Å².